The molecule has 0 unspecified atom stereocenters. The number of hydrogen-bond donors (Lipinski definition) is 2. The second-order valence-corrected chi connectivity index (χ2v) is 6.38. The zero-order chi connectivity index (χ0) is 19.2. The van der Waals surface area contributed by atoms with Crippen molar-refractivity contribution in [3.8, 4) is 5.69 Å². The third-order valence-corrected chi connectivity index (χ3v) is 4.53. The van der Waals surface area contributed by atoms with Crippen molar-refractivity contribution in [3.05, 3.63) is 85.7 Å². The van der Waals surface area contributed by atoms with E-state index >= 15 is 0 Å². The predicted octanol–water partition coefficient (Wildman–Crippen LogP) is 3.43. The first-order chi connectivity index (χ1) is 13.1. The van der Waals surface area contributed by atoms with Gasteiger partial charge < -0.3 is 10.6 Å². The highest BCUT2D eigenvalue weighted by atomic mass is 79.9. The molecular formula is C18H16BrN5O3. The van der Waals surface area contributed by atoms with Gasteiger partial charge in [-0.15, -0.1) is 0 Å². The van der Waals surface area contributed by atoms with Crippen LogP contribution < -0.4 is 16.2 Å². The molecule has 0 bridgehead atoms. The van der Waals surface area contributed by atoms with E-state index in [0.717, 1.165) is 5.69 Å². The molecule has 138 valence electrons. The van der Waals surface area contributed by atoms with Gasteiger partial charge in [-0.2, -0.15) is 9.78 Å². The van der Waals surface area contributed by atoms with E-state index in [-0.39, 0.29) is 11.2 Å². The molecule has 1 heterocycles. The van der Waals surface area contributed by atoms with Gasteiger partial charge in [0.1, 0.15) is 4.47 Å². The van der Waals surface area contributed by atoms with Crippen molar-refractivity contribution >= 4 is 33.0 Å². The molecule has 0 saturated heterocycles. The molecule has 0 fully saturated rings. The highest BCUT2D eigenvalue weighted by Crippen LogP contribution is 2.18. The zero-order valence-corrected chi connectivity index (χ0v) is 15.7. The number of nitrogens with zero attached hydrogens (tertiary/aromatic N) is 3. The van der Waals surface area contributed by atoms with E-state index in [1.165, 1.54) is 16.8 Å². The van der Waals surface area contributed by atoms with E-state index in [0.29, 0.717) is 28.9 Å². The van der Waals surface area contributed by atoms with Crippen LogP contribution in [0.3, 0.4) is 0 Å². The predicted molar refractivity (Wildman–Crippen MR) is 108 cm³/mol. The molecular weight excluding hydrogens is 414 g/mol. The summed E-state index contributed by atoms with van der Waals surface area (Å²) in [6, 6.07) is 15.4. The monoisotopic (exact) mass is 429 g/mol. The molecule has 9 heteroatoms. The quantitative estimate of drug-likeness (QED) is 0.338. The number of para-hydroxylation sites is 1. The number of hydrogen-bond acceptors (Lipinski definition) is 6. The molecule has 27 heavy (non-hydrogen) atoms. The van der Waals surface area contributed by atoms with Crippen molar-refractivity contribution in [1.29, 1.82) is 0 Å². The average Bonchev–Trinajstić information content (AvgIpc) is 2.69. The minimum atomic E-state index is -0.437. The van der Waals surface area contributed by atoms with Crippen LogP contribution in [0.25, 0.3) is 5.69 Å². The van der Waals surface area contributed by atoms with Crippen LogP contribution in [0.5, 0.6) is 0 Å². The minimum absolute atomic E-state index is 0.0488. The molecule has 0 spiro atoms. The Kier molecular flexibility index (Phi) is 5.82. The summed E-state index contributed by atoms with van der Waals surface area (Å²) >= 11 is 3.33. The number of benzene rings is 2. The summed E-state index contributed by atoms with van der Waals surface area (Å²) in [7, 11) is 0. The van der Waals surface area contributed by atoms with E-state index < -0.39 is 4.92 Å². The molecule has 3 rings (SSSR count). The Hall–Kier alpha value is -3.20. The Bertz CT molecular complexity index is 990. The van der Waals surface area contributed by atoms with Crippen LogP contribution in [-0.4, -0.2) is 27.8 Å². The van der Waals surface area contributed by atoms with Crippen molar-refractivity contribution in [2.24, 2.45) is 0 Å². The molecule has 0 aliphatic carbocycles. The van der Waals surface area contributed by atoms with Crippen molar-refractivity contribution in [2.45, 2.75) is 0 Å². The Labute approximate surface area is 163 Å². The van der Waals surface area contributed by atoms with Crippen molar-refractivity contribution < 1.29 is 4.92 Å². The maximum atomic E-state index is 12.5. The molecule has 8 nitrogen and oxygen atoms in total. The highest BCUT2D eigenvalue weighted by molar-refractivity contribution is 9.10. The molecule has 0 amide bonds. The van der Waals surface area contributed by atoms with E-state index in [1.54, 1.807) is 18.3 Å². The van der Waals surface area contributed by atoms with Crippen LogP contribution in [0.2, 0.25) is 0 Å². The molecule has 0 aliphatic heterocycles. The molecule has 1 aromatic heterocycles. The van der Waals surface area contributed by atoms with E-state index in [2.05, 4.69) is 31.7 Å². The lowest BCUT2D eigenvalue weighted by atomic mass is 10.3. The van der Waals surface area contributed by atoms with Crippen LogP contribution in [-0.2, 0) is 0 Å². The maximum absolute atomic E-state index is 12.5. The summed E-state index contributed by atoms with van der Waals surface area (Å²) in [5.41, 5.74) is 1.86. The number of aromatic nitrogens is 2. The molecule has 2 aromatic carbocycles. The number of nitrogens with one attached hydrogen (secondary N) is 2. The maximum Gasteiger partial charge on any atom is 0.287 e. The fourth-order valence-electron chi connectivity index (χ4n) is 2.41. The standard InChI is InChI=1S/C18H16BrN5O3/c19-17-16(12-22-23(18(17)25)14-4-2-1-3-5-14)21-11-10-20-13-6-8-15(9-7-13)24(26)27/h1-9,12,20-21H,10-11H2. The van der Waals surface area contributed by atoms with Crippen LogP contribution >= 0.6 is 15.9 Å². The lowest BCUT2D eigenvalue weighted by molar-refractivity contribution is -0.384. The van der Waals surface area contributed by atoms with Gasteiger partial charge in [-0.3, -0.25) is 14.9 Å². The minimum Gasteiger partial charge on any atom is -0.383 e. The summed E-state index contributed by atoms with van der Waals surface area (Å²) in [4.78, 5) is 22.7. The summed E-state index contributed by atoms with van der Waals surface area (Å²) in [5, 5.41) is 21.1. The van der Waals surface area contributed by atoms with Gasteiger partial charge in [0.15, 0.2) is 0 Å². The van der Waals surface area contributed by atoms with Gasteiger partial charge in [-0.1, -0.05) is 18.2 Å². The number of nitro groups is 1. The second-order valence-electron chi connectivity index (χ2n) is 5.58. The number of rotatable bonds is 7. The first kappa shape index (κ1) is 18.6. The Morgan fingerprint density at radius 2 is 1.70 bits per heavy atom. The van der Waals surface area contributed by atoms with Gasteiger partial charge in [0.25, 0.3) is 11.2 Å². The van der Waals surface area contributed by atoms with Crippen LogP contribution in [0.15, 0.2) is 70.1 Å². The van der Waals surface area contributed by atoms with Crippen LogP contribution in [0, 0.1) is 10.1 Å². The average molecular weight is 430 g/mol. The second kappa shape index (κ2) is 8.45. The first-order valence-corrected chi connectivity index (χ1v) is 8.91. The van der Waals surface area contributed by atoms with Gasteiger partial charge >= 0.3 is 0 Å². The summed E-state index contributed by atoms with van der Waals surface area (Å²) in [5.74, 6) is 0. The summed E-state index contributed by atoms with van der Waals surface area (Å²) < 4.78 is 1.72. The summed E-state index contributed by atoms with van der Waals surface area (Å²) in [6.07, 6.45) is 1.59. The number of non-ortho nitro benzene ring substituents is 1. The van der Waals surface area contributed by atoms with Crippen LogP contribution in [0.4, 0.5) is 17.1 Å². The highest BCUT2D eigenvalue weighted by Gasteiger charge is 2.09. The van der Waals surface area contributed by atoms with Gasteiger partial charge in [-0.25, -0.2) is 0 Å². The third kappa shape index (κ3) is 4.50. The fraction of sp³-hybridized carbons (Fsp3) is 0.111. The number of nitro benzene ring substituents is 1. The van der Waals surface area contributed by atoms with Gasteiger partial charge in [0.05, 0.1) is 22.5 Å². The third-order valence-electron chi connectivity index (χ3n) is 3.77. The Morgan fingerprint density at radius 3 is 2.37 bits per heavy atom. The van der Waals surface area contributed by atoms with E-state index in [1.807, 2.05) is 30.3 Å². The molecule has 0 aliphatic rings. The lowest BCUT2D eigenvalue weighted by Crippen LogP contribution is -2.24. The molecule has 2 N–H and O–H groups in total. The zero-order valence-electron chi connectivity index (χ0n) is 14.1. The first-order valence-electron chi connectivity index (χ1n) is 8.12. The normalized spacial score (nSPS) is 10.4. The number of halogens is 1. The van der Waals surface area contributed by atoms with Gasteiger partial charge in [0, 0.05) is 30.9 Å². The van der Waals surface area contributed by atoms with Crippen LogP contribution in [0.1, 0.15) is 0 Å². The lowest BCUT2D eigenvalue weighted by Gasteiger charge is -2.11. The Balaban J connectivity index is 1.59. The molecule has 0 saturated carbocycles. The largest absolute Gasteiger partial charge is 0.383 e. The van der Waals surface area contributed by atoms with Crippen molar-refractivity contribution in [3.63, 3.8) is 0 Å². The van der Waals surface area contributed by atoms with Crippen molar-refractivity contribution in [2.75, 3.05) is 23.7 Å². The van der Waals surface area contributed by atoms with Gasteiger partial charge in [0.2, 0.25) is 0 Å². The number of anilines is 2. The molecule has 3 aromatic rings. The van der Waals surface area contributed by atoms with E-state index in [9.17, 15) is 14.9 Å². The SMILES string of the molecule is O=c1c(Br)c(NCCNc2ccc([N+](=O)[O-])cc2)cnn1-c1ccccc1. The topological polar surface area (TPSA) is 102 Å². The fourth-order valence-corrected chi connectivity index (χ4v) is 2.82. The van der Waals surface area contributed by atoms with Gasteiger partial charge in [-0.05, 0) is 40.2 Å². The smallest absolute Gasteiger partial charge is 0.287 e. The van der Waals surface area contributed by atoms with E-state index in [4.69, 9.17) is 0 Å². The molecule has 0 atom stereocenters. The van der Waals surface area contributed by atoms with Crippen molar-refractivity contribution in [1.82, 2.24) is 9.78 Å². The summed E-state index contributed by atoms with van der Waals surface area (Å²) in [6.45, 7) is 1.10. The molecule has 0 radical (unpaired) electrons. The Morgan fingerprint density at radius 1 is 1.04 bits per heavy atom.